The van der Waals surface area contributed by atoms with Crippen LogP contribution in [-0.4, -0.2) is 37.2 Å². The van der Waals surface area contributed by atoms with E-state index in [-0.39, 0.29) is 41.7 Å². The van der Waals surface area contributed by atoms with Crippen LogP contribution in [0.25, 0.3) is 33.2 Å². The van der Waals surface area contributed by atoms with Crippen molar-refractivity contribution < 1.29 is 42.0 Å². The summed E-state index contributed by atoms with van der Waals surface area (Å²) in [5.41, 5.74) is 10.3. The molecule has 229 valence electrons. The molecule has 43 heavy (non-hydrogen) atoms. The summed E-state index contributed by atoms with van der Waals surface area (Å²) in [5.74, 6) is -2.44. The Hall–Kier alpha value is -3.72. The largest absolute Gasteiger partial charge is 2.00 e. The van der Waals surface area contributed by atoms with Crippen LogP contribution < -0.4 is 9.97 Å². The molecule has 0 saturated heterocycles. The third-order valence-corrected chi connectivity index (χ3v) is 8.58. The molecule has 0 aromatic carbocycles. The second kappa shape index (κ2) is 12.5. The van der Waals surface area contributed by atoms with Gasteiger partial charge in [0.25, 0.3) is 0 Å². The summed E-state index contributed by atoms with van der Waals surface area (Å²) in [5, 5.41) is 30.2. The number of carboxylic acid groups (broad SMARTS) is 2. The predicted molar refractivity (Wildman–Crippen MR) is 161 cm³/mol. The van der Waals surface area contributed by atoms with Crippen LogP contribution >= 0.6 is 0 Å². The van der Waals surface area contributed by atoms with Crippen molar-refractivity contribution >= 4 is 45.2 Å². The molecule has 5 rings (SSSR count). The molecule has 3 atom stereocenters. The van der Waals surface area contributed by atoms with Crippen LogP contribution in [0.2, 0.25) is 0 Å². The molecule has 5 heterocycles. The number of carbonyl (C=O) groups is 2. The molecule has 1 radical (unpaired) electrons. The Morgan fingerprint density at radius 3 is 2.23 bits per heavy atom. The van der Waals surface area contributed by atoms with Gasteiger partial charge in [0.2, 0.25) is 0 Å². The monoisotopic (exact) mass is 631 g/mol. The molecular weight excluding hydrogens is 596 g/mol. The van der Waals surface area contributed by atoms with Crippen molar-refractivity contribution in [2.24, 2.45) is 0 Å². The maximum Gasteiger partial charge on any atom is 2.00 e. The van der Waals surface area contributed by atoms with E-state index in [4.69, 9.17) is 19.9 Å². The number of fused-ring (bicyclic) bond motifs is 8. The molecule has 0 spiro atoms. The Kier molecular flexibility index (Phi) is 9.35. The standard InChI is InChI=1S/C33H38N4O5.Cu/c1-7-20-16(3)24-14-29-32(19(6)38)18(5)26(36-29)13-25-17(4)21(8-9-30(39)40)33(37-25)22(11-31(41)42)27-10-15(2)23(34-27)12-28(20)35-24;/h10,12-14,17,19,21,38H,7-9,11H2,1-6H3,(H4,34,35,36,37,39,40,41,42);/q;+2/p-2. The first-order chi connectivity index (χ1) is 19.9. The number of allylic oxidation sites excluding steroid dienone is 2. The second-order valence-electron chi connectivity index (χ2n) is 11.4. The summed E-state index contributed by atoms with van der Waals surface area (Å²) >= 11 is 0. The second-order valence-corrected chi connectivity index (χ2v) is 11.4. The van der Waals surface area contributed by atoms with Crippen molar-refractivity contribution in [3.05, 3.63) is 69.3 Å². The number of nitrogens with zero attached hydrogens (tertiary/aromatic N) is 4. The number of aliphatic hydroxyl groups is 1. The van der Waals surface area contributed by atoms with Crippen molar-refractivity contribution in [2.75, 3.05) is 0 Å². The predicted octanol–water partition coefficient (Wildman–Crippen LogP) is 5.96. The fourth-order valence-electron chi connectivity index (χ4n) is 6.30. The van der Waals surface area contributed by atoms with Crippen LogP contribution in [0.3, 0.4) is 0 Å². The molecule has 2 aliphatic rings. The molecule has 0 amide bonds. The third kappa shape index (κ3) is 6.05. The molecule has 10 heteroatoms. The fraction of sp³-hybridized carbons (Fsp3) is 0.394. The van der Waals surface area contributed by atoms with Gasteiger partial charge in [0.05, 0.1) is 23.9 Å². The molecule has 3 aromatic rings. The van der Waals surface area contributed by atoms with Gasteiger partial charge in [0, 0.05) is 29.6 Å². The topological polar surface area (TPSA) is 149 Å². The molecule has 3 N–H and O–H groups in total. The van der Waals surface area contributed by atoms with E-state index in [2.05, 4.69) is 6.92 Å². The minimum atomic E-state index is -1.02. The van der Waals surface area contributed by atoms with E-state index in [0.29, 0.717) is 51.0 Å². The minimum absolute atomic E-state index is 0. The number of aromatic nitrogens is 4. The molecule has 9 nitrogen and oxygen atoms in total. The van der Waals surface area contributed by atoms with Crippen molar-refractivity contribution in [1.82, 2.24) is 19.9 Å². The fourth-order valence-corrected chi connectivity index (χ4v) is 6.30. The van der Waals surface area contributed by atoms with E-state index in [1.165, 1.54) is 0 Å². The summed E-state index contributed by atoms with van der Waals surface area (Å²) in [6.45, 7) is 11.7. The number of hydrogen-bond acceptors (Lipinski definition) is 5. The van der Waals surface area contributed by atoms with Crippen LogP contribution in [0.1, 0.15) is 110 Å². The SMILES string of the molecule is CCC1=C(C)c2cc3[n-]c(cc4nc(c(CC(=O)O)c5cc(C)c(cc1n2)[n-]5)C(CCC(=O)O)C4C)c(C)c3C(C)O.[Cu+2]. The Labute approximate surface area is 261 Å². The van der Waals surface area contributed by atoms with Crippen molar-refractivity contribution in [3.8, 4) is 0 Å². The quantitative estimate of drug-likeness (QED) is 0.268. The van der Waals surface area contributed by atoms with Crippen LogP contribution in [-0.2, 0) is 33.1 Å². The molecule has 0 aliphatic carbocycles. The Balaban J connectivity index is 0.00000423. The van der Waals surface area contributed by atoms with E-state index >= 15 is 0 Å². The maximum atomic E-state index is 12.1. The maximum absolute atomic E-state index is 12.1. The molecule has 8 bridgehead atoms. The first-order valence-electron chi connectivity index (χ1n) is 14.3. The molecule has 3 aromatic heterocycles. The van der Waals surface area contributed by atoms with Gasteiger partial charge < -0.3 is 25.3 Å². The third-order valence-electron chi connectivity index (χ3n) is 8.58. The number of aliphatic carboxylic acids is 2. The zero-order valence-electron chi connectivity index (χ0n) is 25.1. The summed E-state index contributed by atoms with van der Waals surface area (Å²) in [7, 11) is 0. The Morgan fingerprint density at radius 2 is 1.60 bits per heavy atom. The number of hydrogen-bond donors (Lipinski definition) is 3. The summed E-state index contributed by atoms with van der Waals surface area (Å²) in [6.07, 6.45) is -0.0704. The van der Waals surface area contributed by atoms with Gasteiger partial charge in [-0.25, -0.2) is 4.98 Å². The summed E-state index contributed by atoms with van der Waals surface area (Å²) in [4.78, 5) is 43.4. The minimum Gasteiger partial charge on any atom is -0.657 e. The number of carboxylic acids is 2. The van der Waals surface area contributed by atoms with Gasteiger partial charge in [-0.15, -0.1) is 22.1 Å². The van der Waals surface area contributed by atoms with E-state index < -0.39 is 18.0 Å². The normalized spacial score (nSPS) is 17.1. The van der Waals surface area contributed by atoms with Gasteiger partial charge in [-0.1, -0.05) is 49.2 Å². The van der Waals surface area contributed by atoms with Crippen molar-refractivity contribution in [2.45, 2.75) is 85.2 Å². The molecule has 3 unspecified atom stereocenters. The van der Waals surface area contributed by atoms with Crippen molar-refractivity contribution in [1.29, 1.82) is 0 Å². The van der Waals surface area contributed by atoms with Crippen LogP contribution in [0.5, 0.6) is 0 Å². The Bertz CT molecular complexity index is 1800. The van der Waals surface area contributed by atoms with E-state index in [1.54, 1.807) is 6.92 Å². The molecular formula is C33H36CuN4O5. The van der Waals surface area contributed by atoms with Gasteiger partial charge in [0.1, 0.15) is 0 Å². The summed E-state index contributed by atoms with van der Waals surface area (Å²) < 4.78 is 0. The zero-order valence-corrected chi connectivity index (χ0v) is 26.1. The van der Waals surface area contributed by atoms with Gasteiger partial charge in [-0.2, -0.15) is 0 Å². The molecule has 2 aliphatic heterocycles. The van der Waals surface area contributed by atoms with Gasteiger partial charge in [-0.05, 0) is 62.8 Å². The van der Waals surface area contributed by atoms with Gasteiger partial charge >= 0.3 is 29.0 Å². The summed E-state index contributed by atoms with van der Waals surface area (Å²) in [6, 6.07) is 7.62. The van der Waals surface area contributed by atoms with Gasteiger partial charge in [0.15, 0.2) is 0 Å². The van der Waals surface area contributed by atoms with E-state index in [0.717, 1.165) is 40.1 Å². The van der Waals surface area contributed by atoms with Crippen LogP contribution in [0, 0.1) is 13.8 Å². The average molecular weight is 632 g/mol. The number of aliphatic hydroxyl groups excluding tert-OH is 1. The van der Waals surface area contributed by atoms with Gasteiger partial charge in [-0.3, -0.25) is 14.6 Å². The molecule has 0 saturated carbocycles. The first-order valence-corrected chi connectivity index (χ1v) is 14.3. The Morgan fingerprint density at radius 1 is 0.930 bits per heavy atom. The average Bonchev–Trinajstić information content (AvgIpc) is 3.60. The first kappa shape index (κ1) is 32.2. The molecule has 0 fully saturated rings. The zero-order chi connectivity index (χ0) is 30.5. The van der Waals surface area contributed by atoms with E-state index in [1.807, 2.05) is 52.0 Å². The number of aryl methyl sites for hydroxylation is 2. The number of rotatable bonds is 7. The van der Waals surface area contributed by atoms with E-state index in [9.17, 15) is 24.9 Å². The van der Waals surface area contributed by atoms with Crippen molar-refractivity contribution in [3.63, 3.8) is 0 Å². The smallest absolute Gasteiger partial charge is 0.657 e. The van der Waals surface area contributed by atoms with Crippen LogP contribution in [0.15, 0.2) is 24.3 Å². The van der Waals surface area contributed by atoms with Crippen LogP contribution in [0.4, 0.5) is 0 Å².